The van der Waals surface area contributed by atoms with Crippen LogP contribution in [0.2, 0.25) is 0 Å². The van der Waals surface area contributed by atoms with Crippen LogP contribution in [0.25, 0.3) is 0 Å². The molecule has 2 unspecified atom stereocenters. The molecule has 154 valence electrons. The number of rotatable bonds is 5. The van der Waals surface area contributed by atoms with Crippen molar-refractivity contribution in [2.24, 2.45) is 11.8 Å². The third kappa shape index (κ3) is 12.0. The molecule has 0 spiro atoms. The smallest absolute Gasteiger partial charge is 0.00387 e. The van der Waals surface area contributed by atoms with Gasteiger partial charge in [-0.25, -0.2) is 0 Å². The third-order valence-electron chi connectivity index (χ3n) is 5.37. The summed E-state index contributed by atoms with van der Waals surface area (Å²) in [6.07, 6.45) is 7.02. The van der Waals surface area contributed by atoms with Gasteiger partial charge in [-0.1, -0.05) is 54.4 Å². The minimum Gasteiger partial charge on any atom is -0.301 e. The highest BCUT2D eigenvalue weighted by atomic mass is 15.2. The Balaban J connectivity index is 0. The Morgan fingerprint density at radius 1 is 0.720 bits per heavy atom. The van der Waals surface area contributed by atoms with Crippen LogP contribution in [-0.2, 0) is 0 Å². The number of hydrogen-bond donors (Lipinski definition) is 0. The van der Waals surface area contributed by atoms with E-state index in [1.54, 1.807) is 0 Å². The summed E-state index contributed by atoms with van der Waals surface area (Å²) in [7, 11) is 0. The largest absolute Gasteiger partial charge is 0.301 e. The number of likely N-dealkylation sites (tertiary alicyclic amines) is 2. The molecule has 0 N–H and O–H groups in total. The second-order valence-electron chi connectivity index (χ2n) is 7.68. The highest BCUT2D eigenvalue weighted by Crippen LogP contribution is 2.22. The zero-order valence-electron chi connectivity index (χ0n) is 19.6. The molecule has 2 heterocycles. The highest BCUT2D eigenvalue weighted by molar-refractivity contribution is 4.77. The van der Waals surface area contributed by atoms with Gasteiger partial charge in [-0.05, 0) is 71.9 Å². The molecule has 0 aromatic rings. The third-order valence-corrected chi connectivity index (χ3v) is 5.37. The minimum absolute atomic E-state index is 0.761. The number of hydrogen-bond acceptors (Lipinski definition) is 2. The molecule has 25 heavy (non-hydrogen) atoms. The van der Waals surface area contributed by atoms with Crippen molar-refractivity contribution in [1.29, 1.82) is 0 Å². The summed E-state index contributed by atoms with van der Waals surface area (Å²) in [5.74, 6) is 1.99. The molecule has 2 atom stereocenters. The van der Waals surface area contributed by atoms with Crippen LogP contribution in [-0.4, -0.2) is 48.1 Å². The molecule has 2 heteroatoms. The first-order valence-corrected chi connectivity index (χ1v) is 11.5. The minimum atomic E-state index is 0.761. The van der Waals surface area contributed by atoms with Crippen LogP contribution < -0.4 is 0 Å². The van der Waals surface area contributed by atoms with Gasteiger partial charge in [0.15, 0.2) is 0 Å². The summed E-state index contributed by atoms with van der Waals surface area (Å²) in [5, 5.41) is 0. The van der Waals surface area contributed by atoms with Crippen molar-refractivity contribution in [3.05, 3.63) is 0 Å². The van der Waals surface area contributed by atoms with E-state index in [2.05, 4.69) is 51.3 Å². The average molecular weight is 357 g/mol. The molecule has 0 aromatic carbocycles. The van der Waals surface area contributed by atoms with Gasteiger partial charge in [-0.15, -0.1) is 0 Å². The maximum Gasteiger partial charge on any atom is 0.00387 e. The standard InChI is InChI=1S/C10H21N.C9H19N.2C2H6/c1-4-5-10-6-7-11(8-10)9(2)3;1-4-9-5-6-10(7-9)8(2)3;2*1-2/h9-10H,4-8H2,1-3H3;8-9H,4-7H2,1-3H3;2*1-2H3. The molecule has 0 radical (unpaired) electrons. The SMILES string of the molecule is CC.CC.CCC1CCN(C(C)C)C1.CCCC1CCN(C(C)C)C1. The predicted octanol–water partition coefficient (Wildman–Crippen LogP) is 6.70. The van der Waals surface area contributed by atoms with Crippen molar-refractivity contribution in [2.45, 2.75) is 113 Å². The topological polar surface area (TPSA) is 6.48 Å². The van der Waals surface area contributed by atoms with Gasteiger partial charge in [0.25, 0.3) is 0 Å². The van der Waals surface area contributed by atoms with Crippen molar-refractivity contribution in [3.63, 3.8) is 0 Å². The van der Waals surface area contributed by atoms with Gasteiger partial charge in [-0.2, -0.15) is 0 Å². The molecule has 2 aliphatic rings. The van der Waals surface area contributed by atoms with E-state index in [4.69, 9.17) is 0 Å². The first-order valence-electron chi connectivity index (χ1n) is 11.5. The molecular weight excluding hydrogens is 304 g/mol. The highest BCUT2D eigenvalue weighted by Gasteiger charge is 2.23. The summed E-state index contributed by atoms with van der Waals surface area (Å²) in [6.45, 7) is 27.1. The van der Waals surface area contributed by atoms with Gasteiger partial charge >= 0.3 is 0 Å². The first kappa shape index (κ1) is 27.1. The van der Waals surface area contributed by atoms with E-state index in [0.29, 0.717) is 0 Å². The van der Waals surface area contributed by atoms with Crippen LogP contribution in [0, 0.1) is 11.8 Å². The Labute approximate surface area is 161 Å². The van der Waals surface area contributed by atoms with Crippen molar-refractivity contribution in [1.82, 2.24) is 9.80 Å². The van der Waals surface area contributed by atoms with Crippen molar-refractivity contribution in [2.75, 3.05) is 26.2 Å². The van der Waals surface area contributed by atoms with Crippen LogP contribution in [0.1, 0.15) is 101 Å². The molecule has 2 aliphatic heterocycles. The van der Waals surface area contributed by atoms with Gasteiger partial charge in [0.05, 0.1) is 0 Å². The summed E-state index contributed by atoms with van der Waals surface area (Å²) in [6, 6.07) is 1.52. The summed E-state index contributed by atoms with van der Waals surface area (Å²) < 4.78 is 0. The van der Waals surface area contributed by atoms with Crippen LogP contribution in [0.3, 0.4) is 0 Å². The second-order valence-corrected chi connectivity index (χ2v) is 7.68. The first-order chi connectivity index (χ1) is 12.0. The Kier molecular flexibility index (Phi) is 18.8. The Hall–Kier alpha value is -0.0800. The van der Waals surface area contributed by atoms with Gasteiger partial charge < -0.3 is 9.80 Å². The fraction of sp³-hybridized carbons (Fsp3) is 1.00. The van der Waals surface area contributed by atoms with Crippen LogP contribution in [0.5, 0.6) is 0 Å². The molecule has 0 aromatic heterocycles. The van der Waals surface area contributed by atoms with E-state index < -0.39 is 0 Å². The lowest BCUT2D eigenvalue weighted by atomic mass is 10.0. The zero-order valence-corrected chi connectivity index (χ0v) is 19.6. The summed E-state index contributed by atoms with van der Waals surface area (Å²) in [4.78, 5) is 5.18. The summed E-state index contributed by atoms with van der Waals surface area (Å²) >= 11 is 0. The van der Waals surface area contributed by atoms with Gasteiger partial charge in [0, 0.05) is 25.2 Å². The van der Waals surface area contributed by atoms with E-state index in [0.717, 1.165) is 23.9 Å². The van der Waals surface area contributed by atoms with Gasteiger partial charge in [0.2, 0.25) is 0 Å². The lowest BCUT2D eigenvalue weighted by Gasteiger charge is -2.19. The van der Waals surface area contributed by atoms with Gasteiger partial charge in [0.1, 0.15) is 0 Å². The van der Waals surface area contributed by atoms with Crippen molar-refractivity contribution in [3.8, 4) is 0 Å². The molecule has 0 aliphatic carbocycles. The predicted molar refractivity (Wildman–Crippen MR) is 118 cm³/mol. The fourth-order valence-electron chi connectivity index (χ4n) is 3.64. The summed E-state index contributed by atoms with van der Waals surface area (Å²) in [5.41, 5.74) is 0. The Morgan fingerprint density at radius 2 is 1.12 bits per heavy atom. The lowest BCUT2D eigenvalue weighted by Crippen LogP contribution is -2.28. The molecule has 2 rings (SSSR count). The average Bonchev–Trinajstić information content (AvgIpc) is 3.29. The van der Waals surface area contributed by atoms with Crippen LogP contribution in [0.4, 0.5) is 0 Å². The fourth-order valence-corrected chi connectivity index (χ4v) is 3.64. The molecule has 0 bridgehead atoms. The lowest BCUT2D eigenvalue weighted by molar-refractivity contribution is 0.263. The van der Waals surface area contributed by atoms with Crippen LogP contribution >= 0.6 is 0 Å². The van der Waals surface area contributed by atoms with Gasteiger partial charge in [-0.3, -0.25) is 0 Å². The Bertz CT molecular complexity index is 263. The Morgan fingerprint density at radius 3 is 1.40 bits per heavy atom. The van der Waals surface area contributed by atoms with Crippen molar-refractivity contribution < 1.29 is 0 Å². The number of nitrogens with zero attached hydrogens (tertiary/aromatic N) is 2. The molecule has 0 saturated carbocycles. The second kappa shape index (κ2) is 17.3. The molecule has 2 nitrogen and oxygen atoms in total. The molecule has 0 amide bonds. The normalized spacial score (nSPS) is 23.5. The maximum atomic E-state index is 2.60. The molecule has 2 fully saturated rings. The maximum absolute atomic E-state index is 2.60. The van der Waals surface area contributed by atoms with E-state index in [9.17, 15) is 0 Å². The van der Waals surface area contributed by atoms with Crippen molar-refractivity contribution >= 4 is 0 Å². The van der Waals surface area contributed by atoms with Crippen LogP contribution in [0.15, 0.2) is 0 Å². The quantitative estimate of drug-likeness (QED) is 0.541. The zero-order chi connectivity index (χ0) is 19.8. The molecular formula is C23H52N2. The monoisotopic (exact) mass is 356 g/mol. The van der Waals surface area contributed by atoms with E-state index >= 15 is 0 Å². The van der Waals surface area contributed by atoms with E-state index in [1.165, 1.54) is 58.3 Å². The van der Waals surface area contributed by atoms with E-state index in [-0.39, 0.29) is 0 Å². The molecule has 2 saturated heterocycles. The van der Waals surface area contributed by atoms with E-state index in [1.807, 2.05) is 27.7 Å².